The number of nitrogens with zero attached hydrogens (tertiary/aromatic N) is 1. The van der Waals surface area contributed by atoms with Gasteiger partial charge in [0.25, 0.3) is 0 Å². The number of carbonyl (C=O) groups excluding carboxylic acids is 2. The predicted octanol–water partition coefficient (Wildman–Crippen LogP) is 0.196. The summed E-state index contributed by atoms with van der Waals surface area (Å²) in [5, 5.41) is 9.11. The third kappa shape index (κ3) is 2.27. The number of carbonyl (C=O) groups is 2. The molecule has 90 valence electrons. The quantitative estimate of drug-likeness (QED) is 0.573. The minimum atomic E-state index is -0.683. The SMILES string of the molecule is CCOC(=O)C1=C(Nc2ccn[nH]2)OCC1=O. The molecule has 1 aliphatic heterocycles. The number of anilines is 1. The fraction of sp³-hybridized carbons (Fsp3) is 0.300. The van der Waals surface area contributed by atoms with E-state index in [0.29, 0.717) is 5.82 Å². The zero-order valence-corrected chi connectivity index (χ0v) is 9.15. The number of hydrogen-bond donors (Lipinski definition) is 2. The second kappa shape index (κ2) is 4.69. The van der Waals surface area contributed by atoms with Gasteiger partial charge in [-0.3, -0.25) is 9.89 Å². The van der Waals surface area contributed by atoms with Crippen molar-refractivity contribution in [3.05, 3.63) is 23.7 Å². The molecule has 17 heavy (non-hydrogen) atoms. The molecule has 2 N–H and O–H groups in total. The van der Waals surface area contributed by atoms with Crippen LogP contribution in [0, 0.1) is 0 Å². The van der Waals surface area contributed by atoms with E-state index < -0.39 is 11.8 Å². The Hall–Kier alpha value is -2.31. The van der Waals surface area contributed by atoms with Crippen molar-refractivity contribution >= 4 is 17.6 Å². The standard InChI is InChI=1S/C10H11N3O4/c1-2-16-10(15)8-6(14)5-17-9(8)12-7-3-4-11-13-7/h3-4H,2,5H2,1H3,(H2,11,12,13). The maximum atomic E-state index is 11.5. The normalized spacial score (nSPS) is 14.8. The van der Waals surface area contributed by atoms with Crippen LogP contribution in [-0.4, -0.2) is 35.2 Å². The lowest BCUT2D eigenvalue weighted by Crippen LogP contribution is -2.16. The van der Waals surface area contributed by atoms with Gasteiger partial charge in [-0.25, -0.2) is 4.79 Å². The Balaban J connectivity index is 2.21. The van der Waals surface area contributed by atoms with E-state index >= 15 is 0 Å². The number of Topliss-reactive ketones (excluding diaryl/α,β-unsaturated/α-hetero) is 1. The lowest BCUT2D eigenvalue weighted by atomic mass is 10.2. The molecule has 0 spiro atoms. The van der Waals surface area contributed by atoms with Crippen LogP contribution in [0.15, 0.2) is 23.7 Å². The Labute approximate surface area is 96.8 Å². The first-order chi connectivity index (χ1) is 8.22. The summed E-state index contributed by atoms with van der Waals surface area (Å²) in [6.45, 7) is 1.71. The van der Waals surface area contributed by atoms with Crippen LogP contribution in [0.3, 0.4) is 0 Å². The first-order valence-electron chi connectivity index (χ1n) is 5.06. The van der Waals surface area contributed by atoms with Gasteiger partial charge in [-0.1, -0.05) is 0 Å². The average molecular weight is 237 g/mol. The van der Waals surface area contributed by atoms with Gasteiger partial charge in [0.05, 0.1) is 12.8 Å². The Morgan fingerprint density at radius 1 is 1.71 bits per heavy atom. The lowest BCUT2D eigenvalue weighted by molar-refractivity contribution is -0.139. The largest absolute Gasteiger partial charge is 0.470 e. The van der Waals surface area contributed by atoms with Crippen LogP contribution in [0.5, 0.6) is 0 Å². The summed E-state index contributed by atoms with van der Waals surface area (Å²) in [7, 11) is 0. The van der Waals surface area contributed by atoms with Gasteiger partial charge in [-0.2, -0.15) is 5.10 Å². The molecule has 2 rings (SSSR count). The van der Waals surface area contributed by atoms with Gasteiger partial charge in [0.2, 0.25) is 11.7 Å². The molecule has 0 unspecified atom stereocenters. The first-order valence-corrected chi connectivity index (χ1v) is 5.06. The Morgan fingerprint density at radius 2 is 2.53 bits per heavy atom. The van der Waals surface area contributed by atoms with Crippen molar-refractivity contribution < 1.29 is 19.1 Å². The minimum absolute atomic E-state index is 0.0951. The molecule has 0 aliphatic carbocycles. The maximum absolute atomic E-state index is 11.5. The van der Waals surface area contributed by atoms with Crippen molar-refractivity contribution in [3.8, 4) is 0 Å². The predicted molar refractivity (Wildman–Crippen MR) is 56.8 cm³/mol. The number of ketones is 1. The number of hydrogen-bond acceptors (Lipinski definition) is 6. The molecule has 0 atom stereocenters. The molecule has 2 heterocycles. The second-order valence-corrected chi connectivity index (χ2v) is 3.23. The zero-order chi connectivity index (χ0) is 12.3. The average Bonchev–Trinajstić information content (AvgIpc) is 2.90. The zero-order valence-electron chi connectivity index (χ0n) is 9.15. The molecule has 0 radical (unpaired) electrons. The van der Waals surface area contributed by atoms with Crippen molar-refractivity contribution in [1.82, 2.24) is 10.2 Å². The van der Waals surface area contributed by atoms with E-state index in [9.17, 15) is 9.59 Å². The maximum Gasteiger partial charge on any atom is 0.347 e. The van der Waals surface area contributed by atoms with Crippen molar-refractivity contribution in [2.75, 3.05) is 18.5 Å². The van der Waals surface area contributed by atoms with Gasteiger partial charge in [-0.15, -0.1) is 0 Å². The summed E-state index contributed by atoms with van der Waals surface area (Å²) in [6, 6.07) is 1.64. The number of ether oxygens (including phenoxy) is 2. The molecule has 7 nitrogen and oxygen atoms in total. The molecule has 1 aliphatic rings. The van der Waals surface area contributed by atoms with Gasteiger partial charge >= 0.3 is 5.97 Å². The monoisotopic (exact) mass is 237 g/mol. The number of H-pyrrole nitrogens is 1. The third-order valence-electron chi connectivity index (χ3n) is 2.08. The van der Waals surface area contributed by atoms with Crippen LogP contribution in [0.1, 0.15) is 6.92 Å². The highest BCUT2D eigenvalue weighted by Gasteiger charge is 2.32. The van der Waals surface area contributed by atoms with Gasteiger partial charge in [-0.05, 0) is 6.92 Å². The van der Waals surface area contributed by atoms with Crippen LogP contribution < -0.4 is 5.32 Å². The van der Waals surface area contributed by atoms with Crippen LogP contribution in [-0.2, 0) is 19.1 Å². The second-order valence-electron chi connectivity index (χ2n) is 3.23. The van der Waals surface area contributed by atoms with E-state index in [4.69, 9.17) is 9.47 Å². The fourth-order valence-electron chi connectivity index (χ4n) is 1.36. The highest BCUT2D eigenvalue weighted by atomic mass is 16.5. The number of aromatic amines is 1. The van der Waals surface area contributed by atoms with Gasteiger partial charge in [0, 0.05) is 6.07 Å². The Bertz CT molecular complexity index is 464. The summed E-state index contributed by atoms with van der Waals surface area (Å²) in [5.41, 5.74) is -0.0959. The highest BCUT2D eigenvalue weighted by molar-refractivity contribution is 6.19. The molecule has 1 aromatic heterocycles. The number of nitrogens with one attached hydrogen (secondary N) is 2. The van der Waals surface area contributed by atoms with E-state index in [1.54, 1.807) is 13.0 Å². The summed E-state index contributed by atoms with van der Waals surface area (Å²) in [5.74, 6) is -0.461. The van der Waals surface area contributed by atoms with Crippen molar-refractivity contribution in [2.45, 2.75) is 6.92 Å². The topological polar surface area (TPSA) is 93.3 Å². The molecule has 0 amide bonds. The van der Waals surface area contributed by atoms with Crippen LogP contribution in [0.25, 0.3) is 0 Å². The van der Waals surface area contributed by atoms with E-state index in [2.05, 4.69) is 15.5 Å². The first kappa shape index (κ1) is 11.2. The number of esters is 1. The van der Waals surface area contributed by atoms with E-state index in [1.807, 2.05) is 0 Å². The van der Waals surface area contributed by atoms with E-state index in [0.717, 1.165) is 0 Å². The van der Waals surface area contributed by atoms with Crippen LogP contribution in [0.4, 0.5) is 5.82 Å². The fourth-order valence-corrected chi connectivity index (χ4v) is 1.36. The Morgan fingerprint density at radius 3 is 3.18 bits per heavy atom. The molecule has 0 bridgehead atoms. The molecule has 0 aromatic carbocycles. The summed E-state index contributed by atoms with van der Waals surface area (Å²) >= 11 is 0. The minimum Gasteiger partial charge on any atom is -0.470 e. The summed E-state index contributed by atoms with van der Waals surface area (Å²) in [4.78, 5) is 23.0. The summed E-state index contributed by atoms with van der Waals surface area (Å²) < 4.78 is 9.87. The van der Waals surface area contributed by atoms with Gasteiger partial charge < -0.3 is 14.8 Å². The Kier molecular flexibility index (Phi) is 3.08. The van der Waals surface area contributed by atoms with Crippen LogP contribution >= 0.6 is 0 Å². The molecule has 7 heteroatoms. The molecular formula is C10H11N3O4. The molecule has 1 aromatic rings. The van der Waals surface area contributed by atoms with Gasteiger partial charge in [0.1, 0.15) is 5.82 Å². The third-order valence-corrected chi connectivity index (χ3v) is 2.08. The molecular weight excluding hydrogens is 226 g/mol. The molecule has 0 fully saturated rings. The van der Waals surface area contributed by atoms with Crippen LogP contribution in [0.2, 0.25) is 0 Å². The van der Waals surface area contributed by atoms with Crippen molar-refractivity contribution in [1.29, 1.82) is 0 Å². The van der Waals surface area contributed by atoms with E-state index in [-0.39, 0.29) is 24.7 Å². The summed E-state index contributed by atoms with van der Waals surface area (Å²) in [6.07, 6.45) is 1.53. The van der Waals surface area contributed by atoms with Crippen molar-refractivity contribution in [2.24, 2.45) is 0 Å². The lowest BCUT2D eigenvalue weighted by Gasteiger charge is -2.05. The van der Waals surface area contributed by atoms with Crippen molar-refractivity contribution in [3.63, 3.8) is 0 Å². The molecule has 0 saturated carbocycles. The smallest absolute Gasteiger partial charge is 0.347 e. The molecule has 0 saturated heterocycles. The van der Waals surface area contributed by atoms with E-state index in [1.165, 1.54) is 6.20 Å². The van der Waals surface area contributed by atoms with Gasteiger partial charge in [0.15, 0.2) is 12.2 Å². The number of aromatic nitrogens is 2. The number of rotatable bonds is 4. The highest BCUT2D eigenvalue weighted by Crippen LogP contribution is 2.19.